The summed E-state index contributed by atoms with van der Waals surface area (Å²) in [7, 11) is 0. The normalized spacial score (nSPS) is 12.6. The predicted molar refractivity (Wildman–Crippen MR) is 81.4 cm³/mol. The molecule has 1 heterocycles. The molecule has 0 saturated carbocycles. The lowest BCUT2D eigenvalue weighted by Crippen LogP contribution is -2.21. The molecule has 1 aromatic carbocycles. The van der Waals surface area contributed by atoms with Crippen molar-refractivity contribution in [2.75, 3.05) is 6.54 Å². The molecule has 0 aliphatic heterocycles. The molecule has 0 spiro atoms. The van der Waals surface area contributed by atoms with Gasteiger partial charge in [-0.2, -0.15) is 0 Å². The predicted octanol–water partition coefficient (Wildman–Crippen LogP) is 3.03. The van der Waals surface area contributed by atoms with E-state index in [4.69, 9.17) is 0 Å². The van der Waals surface area contributed by atoms with Gasteiger partial charge in [-0.05, 0) is 34.7 Å². The lowest BCUT2D eigenvalue weighted by molar-refractivity contribution is 0.174. The first-order chi connectivity index (χ1) is 9.66. The molecule has 2 aromatic rings. The number of nitrogens with zero attached hydrogens (tertiary/aromatic N) is 1. The summed E-state index contributed by atoms with van der Waals surface area (Å²) in [6.07, 6.45) is 2.90. The van der Waals surface area contributed by atoms with E-state index in [1.165, 1.54) is 11.1 Å². The van der Waals surface area contributed by atoms with Crippen LogP contribution >= 0.6 is 0 Å². The summed E-state index contributed by atoms with van der Waals surface area (Å²) in [6, 6.07) is 12.3. The molecular formula is C17H22N2O. The maximum atomic E-state index is 10.0. The maximum absolute atomic E-state index is 10.0. The van der Waals surface area contributed by atoms with Crippen molar-refractivity contribution in [2.24, 2.45) is 0 Å². The monoisotopic (exact) mass is 270 g/mol. The first-order valence-corrected chi connectivity index (χ1v) is 7.04. The third-order valence-corrected chi connectivity index (χ3v) is 3.40. The number of rotatable bonds is 6. The minimum Gasteiger partial charge on any atom is -0.387 e. The highest BCUT2D eigenvalue weighted by atomic mass is 16.3. The van der Waals surface area contributed by atoms with Crippen LogP contribution in [0.5, 0.6) is 0 Å². The molecule has 3 nitrogen and oxygen atoms in total. The Bertz CT molecular complexity index is 508. The van der Waals surface area contributed by atoms with Crippen molar-refractivity contribution >= 4 is 0 Å². The highest BCUT2D eigenvalue weighted by Gasteiger charge is 2.06. The summed E-state index contributed by atoms with van der Waals surface area (Å²) in [4.78, 5) is 3.95. The molecule has 1 unspecified atom stereocenters. The van der Waals surface area contributed by atoms with Gasteiger partial charge in [0.2, 0.25) is 0 Å². The topological polar surface area (TPSA) is 45.1 Å². The number of aromatic nitrogens is 1. The third kappa shape index (κ3) is 4.15. The standard InChI is InChI=1S/C17H22N2O/c1-13(2)15-5-3-14(4-6-15)11-19-12-17(20)16-7-9-18-10-8-16/h3-10,13,17,19-20H,11-12H2,1-2H3. The summed E-state index contributed by atoms with van der Waals surface area (Å²) < 4.78 is 0. The quantitative estimate of drug-likeness (QED) is 0.848. The second-order valence-corrected chi connectivity index (χ2v) is 5.32. The van der Waals surface area contributed by atoms with Crippen LogP contribution in [0.25, 0.3) is 0 Å². The molecular weight excluding hydrogens is 248 g/mol. The highest BCUT2D eigenvalue weighted by molar-refractivity contribution is 5.24. The molecule has 1 atom stereocenters. The molecule has 0 aliphatic rings. The van der Waals surface area contributed by atoms with Crippen molar-refractivity contribution in [3.05, 3.63) is 65.5 Å². The van der Waals surface area contributed by atoms with Crippen LogP contribution in [0.3, 0.4) is 0 Å². The molecule has 0 aliphatic carbocycles. The van der Waals surface area contributed by atoms with Crippen LogP contribution in [0.15, 0.2) is 48.8 Å². The van der Waals surface area contributed by atoms with Crippen molar-refractivity contribution in [3.63, 3.8) is 0 Å². The Morgan fingerprint density at radius 1 is 1.00 bits per heavy atom. The van der Waals surface area contributed by atoms with E-state index in [9.17, 15) is 5.11 Å². The van der Waals surface area contributed by atoms with Gasteiger partial charge in [0.05, 0.1) is 6.10 Å². The SMILES string of the molecule is CC(C)c1ccc(CNCC(O)c2ccncc2)cc1. The van der Waals surface area contributed by atoms with Crippen molar-refractivity contribution in [2.45, 2.75) is 32.4 Å². The van der Waals surface area contributed by atoms with E-state index in [1.807, 2.05) is 12.1 Å². The highest BCUT2D eigenvalue weighted by Crippen LogP contribution is 2.15. The zero-order valence-electron chi connectivity index (χ0n) is 12.1. The lowest BCUT2D eigenvalue weighted by Gasteiger charge is -2.12. The first-order valence-electron chi connectivity index (χ1n) is 7.04. The fourth-order valence-corrected chi connectivity index (χ4v) is 2.08. The largest absolute Gasteiger partial charge is 0.387 e. The zero-order chi connectivity index (χ0) is 14.4. The number of pyridine rings is 1. The van der Waals surface area contributed by atoms with E-state index in [-0.39, 0.29) is 0 Å². The third-order valence-electron chi connectivity index (χ3n) is 3.40. The lowest BCUT2D eigenvalue weighted by atomic mass is 10.0. The summed E-state index contributed by atoms with van der Waals surface area (Å²) in [5.74, 6) is 0.561. The van der Waals surface area contributed by atoms with Gasteiger partial charge in [-0.15, -0.1) is 0 Å². The van der Waals surface area contributed by atoms with Gasteiger partial charge < -0.3 is 10.4 Å². The van der Waals surface area contributed by atoms with E-state index >= 15 is 0 Å². The van der Waals surface area contributed by atoms with Gasteiger partial charge in [0.25, 0.3) is 0 Å². The molecule has 0 radical (unpaired) electrons. The first kappa shape index (κ1) is 14.7. The molecule has 106 valence electrons. The van der Waals surface area contributed by atoms with Crippen LogP contribution in [0.4, 0.5) is 0 Å². The molecule has 3 heteroatoms. The Morgan fingerprint density at radius 2 is 1.65 bits per heavy atom. The smallest absolute Gasteiger partial charge is 0.0915 e. The summed E-state index contributed by atoms with van der Waals surface area (Å²) in [5, 5.41) is 13.3. The average molecular weight is 270 g/mol. The molecule has 0 amide bonds. The van der Waals surface area contributed by atoms with Crippen LogP contribution < -0.4 is 5.32 Å². The van der Waals surface area contributed by atoms with Crippen molar-refractivity contribution < 1.29 is 5.11 Å². The maximum Gasteiger partial charge on any atom is 0.0915 e. The molecule has 1 aromatic heterocycles. The average Bonchev–Trinajstić information content (AvgIpc) is 2.48. The Labute approximate surface area is 120 Å². The summed E-state index contributed by atoms with van der Waals surface area (Å²) in [6.45, 7) is 5.69. The molecule has 2 rings (SSSR count). The number of benzene rings is 1. The second-order valence-electron chi connectivity index (χ2n) is 5.32. The fraction of sp³-hybridized carbons (Fsp3) is 0.353. The minimum absolute atomic E-state index is 0.493. The van der Waals surface area contributed by atoms with Gasteiger partial charge in [0, 0.05) is 25.5 Å². The van der Waals surface area contributed by atoms with E-state index in [0.717, 1.165) is 12.1 Å². The Hall–Kier alpha value is -1.71. The number of hydrogen-bond acceptors (Lipinski definition) is 3. The van der Waals surface area contributed by atoms with E-state index < -0.39 is 6.10 Å². The Morgan fingerprint density at radius 3 is 2.25 bits per heavy atom. The molecule has 0 fully saturated rings. The van der Waals surface area contributed by atoms with Crippen molar-refractivity contribution in [1.82, 2.24) is 10.3 Å². The van der Waals surface area contributed by atoms with Crippen LogP contribution in [0, 0.1) is 0 Å². The van der Waals surface area contributed by atoms with Gasteiger partial charge >= 0.3 is 0 Å². The fourth-order valence-electron chi connectivity index (χ4n) is 2.08. The van der Waals surface area contributed by atoms with Crippen LogP contribution in [-0.4, -0.2) is 16.6 Å². The number of nitrogens with one attached hydrogen (secondary N) is 1. The summed E-state index contributed by atoms with van der Waals surface area (Å²) >= 11 is 0. The van der Waals surface area contributed by atoms with Crippen LogP contribution in [0.2, 0.25) is 0 Å². The van der Waals surface area contributed by atoms with Crippen molar-refractivity contribution in [3.8, 4) is 0 Å². The molecule has 0 bridgehead atoms. The van der Waals surface area contributed by atoms with Gasteiger partial charge in [-0.25, -0.2) is 0 Å². The van der Waals surface area contributed by atoms with Gasteiger partial charge in [0.1, 0.15) is 0 Å². The summed E-state index contributed by atoms with van der Waals surface area (Å²) in [5.41, 5.74) is 3.48. The number of aliphatic hydroxyl groups is 1. The van der Waals surface area contributed by atoms with Gasteiger partial charge in [-0.1, -0.05) is 38.1 Å². The minimum atomic E-state index is -0.493. The second kappa shape index (κ2) is 7.17. The molecule has 20 heavy (non-hydrogen) atoms. The van der Waals surface area contributed by atoms with Crippen LogP contribution in [0.1, 0.15) is 42.6 Å². The van der Waals surface area contributed by atoms with Gasteiger partial charge in [0.15, 0.2) is 0 Å². The molecule has 0 saturated heterocycles. The molecule has 2 N–H and O–H groups in total. The Kier molecular flexibility index (Phi) is 5.27. The van der Waals surface area contributed by atoms with E-state index in [2.05, 4.69) is 48.4 Å². The Balaban J connectivity index is 1.81. The van der Waals surface area contributed by atoms with Gasteiger partial charge in [-0.3, -0.25) is 4.98 Å². The van der Waals surface area contributed by atoms with E-state index in [1.54, 1.807) is 12.4 Å². The van der Waals surface area contributed by atoms with E-state index in [0.29, 0.717) is 12.5 Å². The van der Waals surface area contributed by atoms with Crippen molar-refractivity contribution in [1.29, 1.82) is 0 Å². The van der Waals surface area contributed by atoms with Crippen LogP contribution in [-0.2, 0) is 6.54 Å². The zero-order valence-corrected chi connectivity index (χ0v) is 12.1. The number of hydrogen-bond donors (Lipinski definition) is 2. The number of aliphatic hydroxyl groups excluding tert-OH is 1.